The summed E-state index contributed by atoms with van der Waals surface area (Å²) < 4.78 is 5.28. The molecule has 0 aliphatic heterocycles. The van der Waals surface area contributed by atoms with Crippen LogP contribution >= 0.6 is 0 Å². The number of nitrogens with one attached hydrogen (secondary N) is 1. The minimum Gasteiger partial charge on any atom is -0.496 e. The summed E-state index contributed by atoms with van der Waals surface area (Å²) in [5.41, 5.74) is 0.951. The molecular formula is C15H22N2O3. The molecule has 5 nitrogen and oxygen atoms in total. The Morgan fingerprint density at radius 3 is 2.60 bits per heavy atom. The van der Waals surface area contributed by atoms with Gasteiger partial charge in [-0.2, -0.15) is 0 Å². The molecule has 0 fully saturated rings. The number of para-hydroxylation sites is 1. The third-order valence-electron chi connectivity index (χ3n) is 3.02. The fourth-order valence-corrected chi connectivity index (χ4v) is 1.84. The molecule has 0 aromatic heterocycles. The average Bonchev–Trinajstić information content (AvgIpc) is 2.46. The summed E-state index contributed by atoms with van der Waals surface area (Å²) in [6.45, 7) is 4.74. The molecule has 1 rings (SSSR count). The smallest absolute Gasteiger partial charge is 0.219 e. The van der Waals surface area contributed by atoms with Crippen molar-refractivity contribution in [3.8, 4) is 5.75 Å². The van der Waals surface area contributed by atoms with Crippen LogP contribution in [0.25, 0.3) is 0 Å². The normalized spacial score (nSPS) is 9.95. The minimum absolute atomic E-state index is 0.00852. The van der Waals surface area contributed by atoms with E-state index in [2.05, 4.69) is 5.32 Å². The van der Waals surface area contributed by atoms with Crippen molar-refractivity contribution >= 4 is 11.8 Å². The molecule has 0 radical (unpaired) electrons. The summed E-state index contributed by atoms with van der Waals surface area (Å²) in [7, 11) is 1.61. The van der Waals surface area contributed by atoms with Gasteiger partial charge in [-0.05, 0) is 6.07 Å². The Morgan fingerprint density at radius 2 is 2.00 bits per heavy atom. The van der Waals surface area contributed by atoms with Gasteiger partial charge in [-0.3, -0.25) is 9.59 Å². The van der Waals surface area contributed by atoms with Crippen molar-refractivity contribution in [2.75, 3.05) is 20.2 Å². The number of hydrogen-bond donors (Lipinski definition) is 1. The maximum atomic E-state index is 11.7. The number of benzene rings is 1. The zero-order chi connectivity index (χ0) is 15.0. The van der Waals surface area contributed by atoms with Gasteiger partial charge in [-0.15, -0.1) is 0 Å². The Hall–Kier alpha value is -2.04. The van der Waals surface area contributed by atoms with Crippen LogP contribution in [0.4, 0.5) is 0 Å². The molecule has 0 aliphatic rings. The molecule has 0 spiro atoms. The number of rotatable bonds is 7. The molecule has 1 aromatic carbocycles. The molecule has 20 heavy (non-hydrogen) atoms. The number of carbonyl (C=O) groups is 2. The topological polar surface area (TPSA) is 58.6 Å². The first-order valence-electron chi connectivity index (χ1n) is 6.72. The standard InChI is InChI=1S/C15H22N2O3/c1-4-15(19)16-9-10-17(12(2)18)11-13-7-5-6-8-14(13)20-3/h5-8H,4,9-11H2,1-3H3,(H,16,19). The first-order valence-corrected chi connectivity index (χ1v) is 6.72. The third-order valence-corrected chi connectivity index (χ3v) is 3.02. The maximum absolute atomic E-state index is 11.7. The van der Waals surface area contributed by atoms with Gasteiger partial charge in [0.1, 0.15) is 5.75 Å². The van der Waals surface area contributed by atoms with Crippen LogP contribution in [0.1, 0.15) is 25.8 Å². The van der Waals surface area contributed by atoms with Gasteiger partial charge in [0.05, 0.1) is 7.11 Å². The third kappa shape index (κ3) is 4.91. The van der Waals surface area contributed by atoms with Crippen LogP contribution in [-0.4, -0.2) is 36.9 Å². The van der Waals surface area contributed by atoms with E-state index >= 15 is 0 Å². The molecule has 110 valence electrons. The van der Waals surface area contributed by atoms with E-state index in [1.165, 1.54) is 6.92 Å². The second kappa shape index (κ2) is 8.19. The summed E-state index contributed by atoms with van der Waals surface area (Å²) in [5.74, 6) is 0.726. The number of nitrogens with zero attached hydrogens (tertiary/aromatic N) is 1. The van der Waals surface area contributed by atoms with Crippen molar-refractivity contribution in [3.63, 3.8) is 0 Å². The molecule has 1 N–H and O–H groups in total. The van der Waals surface area contributed by atoms with E-state index in [4.69, 9.17) is 4.74 Å². The summed E-state index contributed by atoms with van der Waals surface area (Å²) in [4.78, 5) is 24.5. The quantitative estimate of drug-likeness (QED) is 0.823. The second-order valence-corrected chi connectivity index (χ2v) is 4.46. The van der Waals surface area contributed by atoms with Crippen molar-refractivity contribution in [2.24, 2.45) is 0 Å². The maximum Gasteiger partial charge on any atom is 0.219 e. The van der Waals surface area contributed by atoms with E-state index < -0.39 is 0 Å². The highest BCUT2D eigenvalue weighted by Gasteiger charge is 2.12. The van der Waals surface area contributed by atoms with Crippen LogP contribution < -0.4 is 10.1 Å². The predicted molar refractivity (Wildman–Crippen MR) is 77.4 cm³/mol. The molecule has 0 saturated heterocycles. The first-order chi connectivity index (χ1) is 9.58. The van der Waals surface area contributed by atoms with E-state index in [0.29, 0.717) is 26.1 Å². The zero-order valence-electron chi connectivity index (χ0n) is 12.3. The van der Waals surface area contributed by atoms with Crippen LogP contribution in [0.5, 0.6) is 5.75 Å². The number of amides is 2. The van der Waals surface area contributed by atoms with Crippen LogP contribution in [0, 0.1) is 0 Å². The lowest BCUT2D eigenvalue weighted by atomic mass is 10.2. The van der Waals surface area contributed by atoms with Crippen molar-refractivity contribution in [1.82, 2.24) is 10.2 Å². The fraction of sp³-hybridized carbons (Fsp3) is 0.467. The summed E-state index contributed by atoms with van der Waals surface area (Å²) in [5, 5.41) is 2.77. The molecule has 0 saturated carbocycles. The second-order valence-electron chi connectivity index (χ2n) is 4.46. The Bertz CT molecular complexity index is 460. The van der Waals surface area contributed by atoms with Gasteiger partial charge in [0.15, 0.2) is 0 Å². The summed E-state index contributed by atoms with van der Waals surface area (Å²) in [6.07, 6.45) is 0.451. The molecule has 0 atom stereocenters. The zero-order valence-corrected chi connectivity index (χ0v) is 12.3. The predicted octanol–water partition coefficient (Wildman–Crippen LogP) is 1.57. The molecule has 5 heteroatoms. The number of carbonyl (C=O) groups excluding carboxylic acids is 2. The van der Waals surface area contributed by atoms with Gasteiger partial charge >= 0.3 is 0 Å². The molecular weight excluding hydrogens is 256 g/mol. The van der Waals surface area contributed by atoms with E-state index in [0.717, 1.165) is 11.3 Å². The van der Waals surface area contributed by atoms with Crippen molar-refractivity contribution in [1.29, 1.82) is 0 Å². The largest absolute Gasteiger partial charge is 0.496 e. The van der Waals surface area contributed by atoms with Gasteiger partial charge < -0.3 is 15.0 Å². The monoisotopic (exact) mass is 278 g/mol. The van der Waals surface area contributed by atoms with Gasteiger partial charge in [0.25, 0.3) is 0 Å². The summed E-state index contributed by atoms with van der Waals surface area (Å²) >= 11 is 0. The van der Waals surface area contributed by atoms with Crippen molar-refractivity contribution in [2.45, 2.75) is 26.8 Å². The Balaban J connectivity index is 2.63. The molecule has 2 amide bonds. The highest BCUT2D eigenvalue weighted by Crippen LogP contribution is 2.19. The molecule has 0 heterocycles. The Labute approximate surface area is 119 Å². The van der Waals surface area contributed by atoms with Crippen molar-refractivity contribution in [3.05, 3.63) is 29.8 Å². The van der Waals surface area contributed by atoms with E-state index in [1.807, 2.05) is 24.3 Å². The lowest BCUT2D eigenvalue weighted by Gasteiger charge is -2.22. The SMILES string of the molecule is CCC(=O)NCCN(Cc1ccccc1OC)C(C)=O. The molecule has 0 aliphatic carbocycles. The average molecular weight is 278 g/mol. The molecule has 0 bridgehead atoms. The van der Waals surface area contributed by atoms with Gasteiger partial charge in [-0.1, -0.05) is 25.1 Å². The lowest BCUT2D eigenvalue weighted by Crippen LogP contribution is -2.37. The fourth-order valence-electron chi connectivity index (χ4n) is 1.84. The Kier molecular flexibility index (Phi) is 6.56. The van der Waals surface area contributed by atoms with Crippen LogP contribution in [0.3, 0.4) is 0 Å². The highest BCUT2D eigenvalue weighted by molar-refractivity contribution is 5.76. The van der Waals surface area contributed by atoms with Crippen LogP contribution in [-0.2, 0) is 16.1 Å². The van der Waals surface area contributed by atoms with E-state index in [-0.39, 0.29) is 11.8 Å². The minimum atomic E-state index is -0.0262. The molecule has 0 unspecified atom stereocenters. The van der Waals surface area contributed by atoms with Crippen molar-refractivity contribution < 1.29 is 14.3 Å². The summed E-state index contributed by atoms with van der Waals surface area (Å²) in [6, 6.07) is 7.60. The number of hydrogen-bond acceptors (Lipinski definition) is 3. The molecule has 1 aromatic rings. The highest BCUT2D eigenvalue weighted by atomic mass is 16.5. The lowest BCUT2D eigenvalue weighted by molar-refractivity contribution is -0.130. The number of methoxy groups -OCH3 is 1. The van der Waals surface area contributed by atoms with Crippen LogP contribution in [0.2, 0.25) is 0 Å². The van der Waals surface area contributed by atoms with Gasteiger partial charge in [0.2, 0.25) is 11.8 Å². The van der Waals surface area contributed by atoms with E-state index in [9.17, 15) is 9.59 Å². The first kappa shape index (κ1) is 16.0. The van der Waals surface area contributed by atoms with Crippen LogP contribution in [0.15, 0.2) is 24.3 Å². The Morgan fingerprint density at radius 1 is 1.30 bits per heavy atom. The van der Waals surface area contributed by atoms with Gasteiger partial charge in [0, 0.05) is 38.5 Å². The van der Waals surface area contributed by atoms with Gasteiger partial charge in [-0.25, -0.2) is 0 Å². The number of ether oxygens (including phenoxy) is 1. The van der Waals surface area contributed by atoms with E-state index in [1.54, 1.807) is 18.9 Å².